The van der Waals surface area contributed by atoms with Crippen LogP contribution in [0.5, 0.6) is 0 Å². The monoisotopic (exact) mass is 316 g/mol. The van der Waals surface area contributed by atoms with Crippen LogP contribution in [0, 0.1) is 0 Å². The molecule has 1 fully saturated rings. The number of rotatable bonds is 4. The van der Waals surface area contributed by atoms with E-state index in [2.05, 4.69) is 5.32 Å². The number of nitrogen functional groups attached to an aromatic ring is 1. The van der Waals surface area contributed by atoms with E-state index in [1.807, 2.05) is 0 Å². The molecule has 0 unspecified atom stereocenters. The van der Waals surface area contributed by atoms with Crippen molar-refractivity contribution in [1.82, 2.24) is 5.32 Å². The van der Waals surface area contributed by atoms with Crippen LogP contribution in [0.15, 0.2) is 23.1 Å². The lowest BCUT2D eigenvalue weighted by atomic mass is 10.2. The maximum atomic E-state index is 12.2. The molecule has 1 aromatic carbocycles. The quantitative estimate of drug-likeness (QED) is 0.828. The Bertz CT molecular complexity index is 610. The first kappa shape index (κ1) is 15.1. The van der Waals surface area contributed by atoms with Crippen molar-refractivity contribution in [2.45, 2.75) is 36.6 Å². The predicted octanol–water partition coefficient (Wildman–Crippen LogP) is 1.75. The number of hydrogen-bond acceptors (Lipinski definition) is 4. The maximum Gasteiger partial charge on any atom is 0.235 e. The fourth-order valence-electron chi connectivity index (χ4n) is 2.39. The molecule has 7 heteroatoms. The third-order valence-electron chi connectivity index (χ3n) is 3.35. The van der Waals surface area contributed by atoms with Crippen molar-refractivity contribution >= 4 is 33.0 Å². The van der Waals surface area contributed by atoms with E-state index in [0.717, 1.165) is 25.7 Å². The Hall–Kier alpha value is -1.27. The number of hydrogen-bond donors (Lipinski definition) is 2. The van der Waals surface area contributed by atoms with E-state index in [4.69, 9.17) is 17.3 Å². The number of benzene rings is 1. The van der Waals surface area contributed by atoms with Gasteiger partial charge < -0.3 is 11.1 Å². The van der Waals surface area contributed by atoms with Crippen LogP contribution >= 0.6 is 11.6 Å². The van der Waals surface area contributed by atoms with E-state index in [-0.39, 0.29) is 16.6 Å². The largest absolute Gasteiger partial charge is 0.398 e. The van der Waals surface area contributed by atoms with Crippen molar-refractivity contribution < 1.29 is 13.2 Å². The number of carbonyl (C=O) groups is 1. The second-order valence-electron chi connectivity index (χ2n) is 4.99. The summed E-state index contributed by atoms with van der Waals surface area (Å²) in [4.78, 5) is 11.8. The number of anilines is 1. The lowest BCUT2D eigenvalue weighted by Gasteiger charge is -2.12. The van der Waals surface area contributed by atoms with Gasteiger partial charge in [0, 0.05) is 11.1 Å². The molecule has 110 valence electrons. The predicted molar refractivity (Wildman–Crippen MR) is 78.3 cm³/mol. The first-order valence-corrected chi connectivity index (χ1v) is 8.48. The summed E-state index contributed by atoms with van der Waals surface area (Å²) in [6.07, 6.45) is 3.97. The van der Waals surface area contributed by atoms with E-state index < -0.39 is 21.5 Å². The standard InChI is InChI=1S/C13H17ClN2O3S/c14-9-5-6-12(11(15)7-9)20(18,19)8-13(17)16-10-3-1-2-4-10/h5-7,10H,1-4,8,15H2,(H,16,17). The van der Waals surface area contributed by atoms with Crippen molar-refractivity contribution in [3.63, 3.8) is 0 Å². The molecule has 20 heavy (non-hydrogen) atoms. The molecule has 5 nitrogen and oxygen atoms in total. The van der Waals surface area contributed by atoms with Gasteiger partial charge in [0.25, 0.3) is 0 Å². The summed E-state index contributed by atoms with van der Waals surface area (Å²) < 4.78 is 24.3. The average Bonchev–Trinajstić information content (AvgIpc) is 2.79. The molecule has 0 aromatic heterocycles. The van der Waals surface area contributed by atoms with Crippen LogP contribution in [0.4, 0.5) is 5.69 Å². The Kier molecular flexibility index (Phi) is 4.55. The number of halogens is 1. The average molecular weight is 317 g/mol. The zero-order chi connectivity index (χ0) is 14.8. The smallest absolute Gasteiger partial charge is 0.235 e. The molecule has 1 amide bonds. The van der Waals surface area contributed by atoms with Gasteiger partial charge in [-0.15, -0.1) is 0 Å². The van der Waals surface area contributed by atoms with Crippen LogP contribution in [-0.4, -0.2) is 26.1 Å². The molecule has 1 saturated carbocycles. The molecule has 0 spiro atoms. The molecule has 1 aliphatic rings. The highest BCUT2D eigenvalue weighted by atomic mass is 35.5. The Morgan fingerprint density at radius 1 is 1.35 bits per heavy atom. The van der Waals surface area contributed by atoms with E-state index in [9.17, 15) is 13.2 Å². The first-order valence-electron chi connectivity index (χ1n) is 6.45. The van der Waals surface area contributed by atoms with E-state index in [0.29, 0.717) is 5.02 Å². The van der Waals surface area contributed by atoms with Gasteiger partial charge >= 0.3 is 0 Å². The SMILES string of the molecule is Nc1cc(Cl)ccc1S(=O)(=O)CC(=O)NC1CCCC1. The van der Waals surface area contributed by atoms with Crippen LogP contribution in [0.3, 0.4) is 0 Å². The van der Waals surface area contributed by atoms with Gasteiger partial charge in [-0.1, -0.05) is 24.4 Å². The Morgan fingerprint density at radius 3 is 2.60 bits per heavy atom. The molecule has 0 heterocycles. The number of amides is 1. The Morgan fingerprint density at radius 2 is 2.00 bits per heavy atom. The van der Waals surface area contributed by atoms with E-state index in [1.165, 1.54) is 18.2 Å². The zero-order valence-electron chi connectivity index (χ0n) is 10.9. The fraction of sp³-hybridized carbons (Fsp3) is 0.462. The minimum absolute atomic E-state index is 0.0523. The number of nitrogens with two attached hydrogens (primary N) is 1. The summed E-state index contributed by atoms with van der Waals surface area (Å²) in [7, 11) is -3.74. The van der Waals surface area contributed by atoms with Gasteiger partial charge in [-0.2, -0.15) is 0 Å². The highest BCUT2D eigenvalue weighted by Crippen LogP contribution is 2.23. The molecule has 1 aromatic rings. The summed E-state index contributed by atoms with van der Waals surface area (Å²) in [6, 6.07) is 4.24. The molecule has 0 bridgehead atoms. The molecular weight excluding hydrogens is 300 g/mol. The number of sulfone groups is 1. The molecule has 0 aliphatic heterocycles. The van der Waals surface area contributed by atoms with Gasteiger partial charge in [0.15, 0.2) is 9.84 Å². The highest BCUT2D eigenvalue weighted by molar-refractivity contribution is 7.92. The number of carbonyl (C=O) groups excluding carboxylic acids is 1. The molecule has 1 aliphatic carbocycles. The highest BCUT2D eigenvalue weighted by Gasteiger charge is 2.24. The summed E-state index contributed by atoms with van der Waals surface area (Å²) in [6.45, 7) is 0. The molecule has 3 N–H and O–H groups in total. The Balaban J connectivity index is 2.08. The Labute approximate surface area is 123 Å². The lowest BCUT2D eigenvalue weighted by Crippen LogP contribution is -2.37. The van der Waals surface area contributed by atoms with Gasteiger partial charge in [0.05, 0.1) is 10.6 Å². The molecular formula is C13H17ClN2O3S. The number of nitrogens with one attached hydrogen (secondary N) is 1. The molecule has 0 radical (unpaired) electrons. The van der Waals surface area contributed by atoms with E-state index in [1.54, 1.807) is 0 Å². The minimum Gasteiger partial charge on any atom is -0.398 e. The third-order valence-corrected chi connectivity index (χ3v) is 5.27. The second-order valence-corrected chi connectivity index (χ2v) is 7.38. The van der Waals surface area contributed by atoms with Crippen molar-refractivity contribution in [2.75, 3.05) is 11.5 Å². The molecule has 2 rings (SSSR count). The maximum absolute atomic E-state index is 12.2. The van der Waals surface area contributed by atoms with Gasteiger partial charge in [0.1, 0.15) is 5.75 Å². The van der Waals surface area contributed by atoms with Gasteiger partial charge in [-0.05, 0) is 31.0 Å². The van der Waals surface area contributed by atoms with Crippen LogP contribution in [-0.2, 0) is 14.6 Å². The first-order chi connectivity index (χ1) is 9.38. The van der Waals surface area contributed by atoms with Crippen LogP contribution in [0.25, 0.3) is 0 Å². The van der Waals surface area contributed by atoms with Gasteiger partial charge in [0.2, 0.25) is 5.91 Å². The summed E-state index contributed by atoms with van der Waals surface area (Å²) in [5.74, 6) is -1.07. The normalized spacial score (nSPS) is 16.2. The summed E-state index contributed by atoms with van der Waals surface area (Å²) >= 11 is 5.73. The topological polar surface area (TPSA) is 89.3 Å². The summed E-state index contributed by atoms with van der Waals surface area (Å²) in [5, 5.41) is 3.11. The van der Waals surface area contributed by atoms with Crippen molar-refractivity contribution in [2.24, 2.45) is 0 Å². The van der Waals surface area contributed by atoms with Crippen molar-refractivity contribution in [3.05, 3.63) is 23.2 Å². The third kappa shape index (κ3) is 3.64. The van der Waals surface area contributed by atoms with Crippen LogP contribution in [0.1, 0.15) is 25.7 Å². The fourth-order valence-corrected chi connectivity index (χ4v) is 3.85. The van der Waals surface area contributed by atoms with Gasteiger partial charge in [-0.25, -0.2) is 8.42 Å². The van der Waals surface area contributed by atoms with Crippen LogP contribution in [0.2, 0.25) is 5.02 Å². The molecule has 0 saturated heterocycles. The molecule has 0 atom stereocenters. The summed E-state index contributed by atoms with van der Waals surface area (Å²) in [5.41, 5.74) is 5.71. The zero-order valence-corrected chi connectivity index (χ0v) is 12.5. The van der Waals surface area contributed by atoms with Gasteiger partial charge in [-0.3, -0.25) is 4.79 Å². The van der Waals surface area contributed by atoms with Crippen LogP contribution < -0.4 is 11.1 Å². The van der Waals surface area contributed by atoms with E-state index >= 15 is 0 Å². The second kappa shape index (κ2) is 6.01. The van der Waals surface area contributed by atoms with Crippen molar-refractivity contribution in [1.29, 1.82) is 0 Å². The minimum atomic E-state index is -3.74. The lowest BCUT2D eigenvalue weighted by molar-refractivity contribution is -0.119. The van der Waals surface area contributed by atoms with Crippen molar-refractivity contribution in [3.8, 4) is 0 Å².